The van der Waals surface area contributed by atoms with Gasteiger partial charge >= 0.3 is 12.1 Å². The molecule has 0 bridgehead atoms. The van der Waals surface area contributed by atoms with Gasteiger partial charge in [-0.15, -0.1) is 11.3 Å². The van der Waals surface area contributed by atoms with Crippen LogP contribution in [0.15, 0.2) is 36.7 Å². The second-order valence-electron chi connectivity index (χ2n) is 8.21. The number of nitrogens with zero attached hydrogens (tertiary/aromatic N) is 4. The highest BCUT2D eigenvalue weighted by Gasteiger charge is 2.37. The number of carbonyl (C=O) groups is 1. The fourth-order valence-corrected chi connectivity index (χ4v) is 4.86. The Kier molecular flexibility index (Phi) is 6.56. The van der Waals surface area contributed by atoms with Crippen LogP contribution in [0.1, 0.15) is 29.1 Å². The number of thiazole rings is 1. The van der Waals surface area contributed by atoms with Gasteiger partial charge < -0.3 is 15.5 Å². The lowest BCUT2D eigenvalue weighted by atomic mass is 9.92. The lowest BCUT2D eigenvalue weighted by Gasteiger charge is -2.36. The van der Waals surface area contributed by atoms with Crippen LogP contribution in [0.5, 0.6) is 0 Å². The van der Waals surface area contributed by atoms with E-state index in [4.69, 9.17) is 5.11 Å². The van der Waals surface area contributed by atoms with Crippen molar-refractivity contribution in [1.82, 2.24) is 19.9 Å². The molecule has 1 aliphatic heterocycles. The molecule has 3 N–H and O–H groups in total. The molecule has 0 saturated carbocycles. The predicted octanol–water partition coefficient (Wildman–Crippen LogP) is 4.04. The van der Waals surface area contributed by atoms with E-state index < -0.39 is 23.4 Å². The van der Waals surface area contributed by atoms with Crippen molar-refractivity contribution in [3.63, 3.8) is 0 Å². The first-order chi connectivity index (χ1) is 16.0. The van der Waals surface area contributed by atoms with E-state index >= 15 is 0 Å². The molecule has 0 atom stereocenters. The number of piperidine rings is 1. The summed E-state index contributed by atoms with van der Waals surface area (Å²) in [6.45, 7) is 2.70. The van der Waals surface area contributed by atoms with E-state index in [9.17, 15) is 23.1 Å². The number of nitrogens with one attached hydrogen (secondary N) is 1. The highest BCUT2D eigenvalue weighted by Crippen LogP contribution is 2.39. The molecule has 0 radical (unpaired) electrons. The summed E-state index contributed by atoms with van der Waals surface area (Å²) in [6, 6.07) is 6.24. The number of anilines is 2. The van der Waals surface area contributed by atoms with E-state index in [1.54, 1.807) is 23.2 Å². The van der Waals surface area contributed by atoms with Gasteiger partial charge in [0, 0.05) is 31.2 Å². The summed E-state index contributed by atoms with van der Waals surface area (Å²) in [7, 11) is 0. The number of benzene rings is 1. The summed E-state index contributed by atoms with van der Waals surface area (Å²) in [5, 5.41) is 23.4. The highest BCUT2D eigenvalue weighted by molar-refractivity contribution is 7.15. The molecule has 34 heavy (non-hydrogen) atoms. The van der Waals surface area contributed by atoms with Crippen LogP contribution in [0.25, 0.3) is 10.4 Å². The molecule has 0 amide bonds. The van der Waals surface area contributed by atoms with E-state index in [0.29, 0.717) is 36.6 Å². The number of likely N-dealkylation sites (tertiary alicyclic amines) is 1. The number of rotatable bonds is 6. The number of aliphatic hydroxyl groups is 1. The van der Waals surface area contributed by atoms with Crippen LogP contribution in [0, 0.1) is 6.92 Å². The summed E-state index contributed by atoms with van der Waals surface area (Å²) in [6.07, 6.45) is -1.12. The minimum Gasteiger partial charge on any atom is -0.480 e. The summed E-state index contributed by atoms with van der Waals surface area (Å²) in [5.41, 5.74) is -0.000312. The van der Waals surface area contributed by atoms with E-state index in [0.717, 1.165) is 28.3 Å². The molecule has 3 heterocycles. The van der Waals surface area contributed by atoms with Crippen LogP contribution >= 0.6 is 11.3 Å². The van der Waals surface area contributed by atoms with Crippen LogP contribution in [-0.2, 0) is 16.6 Å². The molecule has 1 fully saturated rings. The van der Waals surface area contributed by atoms with Gasteiger partial charge in [-0.05, 0) is 49.1 Å². The molecule has 2 aromatic heterocycles. The molecule has 3 aromatic rings. The van der Waals surface area contributed by atoms with Crippen molar-refractivity contribution in [2.75, 3.05) is 25.0 Å². The molecule has 0 unspecified atom stereocenters. The molecular formula is C22H22F3N5O3S. The van der Waals surface area contributed by atoms with Crippen molar-refractivity contribution in [1.29, 1.82) is 0 Å². The highest BCUT2D eigenvalue weighted by atomic mass is 32.1. The maximum absolute atomic E-state index is 12.9. The van der Waals surface area contributed by atoms with Crippen LogP contribution in [0.4, 0.5) is 24.8 Å². The minimum absolute atomic E-state index is 0.0616. The Morgan fingerprint density at radius 3 is 2.65 bits per heavy atom. The normalized spacial score (nSPS) is 16.4. The fourth-order valence-electron chi connectivity index (χ4n) is 3.81. The largest absolute Gasteiger partial charge is 0.480 e. The van der Waals surface area contributed by atoms with Crippen LogP contribution < -0.4 is 5.32 Å². The maximum atomic E-state index is 12.9. The number of halogens is 3. The Morgan fingerprint density at radius 2 is 1.97 bits per heavy atom. The molecule has 4 rings (SSSR count). The van der Waals surface area contributed by atoms with Gasteiger partial charge in [-0.1, -0.05) is 6.07 Å². The summed E-state index contributed by atoms with van der Waals surface area (Å²) in [4.78, 5) is 25.3. The fraction of sp³-hybridized carbons (Fsp3) is 0.364. The number of aliphatic carboxylic acids is 1. The zero-order chi connectivity index (χ0) is 24.5. The third-order valence-electron chi connectivity index (χ3n) is 5.51. The van der Waals surface area contributed by atoms with Crippen LogP contribution in [-0.4, -0.2) is 55.7 Å². The minimum atomic E-state index is -4.57. The smallest absolute Gasteiger partial charge is 0.433 e. The van der Waals surface area contributed by atoms with Gasteiger partial charge in [0.25, 0.3) is 0 Å². The topological polar surface area (TPSA) is 111 Å². The van der Waals surface area contributed by atoms with Gasteiger partial charge in [0.2, 0.25) is 5.95 Å². The summed E-state index contributed by atoms with van der Waals surface area (Å²) < 4.78 is 38.8. The first kappa shape index (κ1) is 24.0. The average Bonchev–Trinajstić information content (AvgIpc) is 3.26. The molecule has 8 nitrogen and oxygen atoms in total. The van der Waals surface area contributed by atoms with Crippen molar-refractivity contribution in [2.45, 2.75) is 31.5 Å². The van der Waals surface area contributed by atoms with E-state index in [-0.39, 0.29) is 12.5 Å². The Bertz CT molecular complexity index is 1190. The SMILES string of the molecule is Cc1cc(Nc2nccc(C(F)(F)F)n2)cc(-c2cnc(C3(O)CCN(CC(=O)O)CC3)s2)c1. The Morgan fingerprint density at radius 1 is 1.24 bits per heavy atom. The van der Waals surface area contributed by atoms with Gasteiger partial charge in [0.1, 0.15) is 16.3 Å². The van der Waals surface area contributed by atoms with Gasteiger partial charge in [-0.25, -0.2) is 15.0 Å². The van der Waals surface area contributed by atoms with Gasteiger partial charge in [0.15, 0.2) is 0 Å². The van der Waals surface area contributed by atoms with Crippen molar-refractivity contribution in [3.8, 4) is 10.4 Å². The standard InChI is InChI=1S/C22H22F3N5O3S/c1-13-8-14(10-15(9-13)28-20-26-5-2-17(29-20)22(23,24)25)16-11-27-19(34-16)21(33)3-6-30(7-4-21)12-18(31)32/h2,5,8-11,33H,3-4,6-7,12H2,1H3,(H,31,32)(H,26,28,29). The number of aromatic nitrogens is 3. The van der Waals surface area contributed by atoms with Crippen molar-refractivity contribution in [2.24, 2.45) is 0 Å². The molecule has 0 spiro atoms. The first-order valence-electron chi connectivity index (χ1n) is 10.4. The van der Waals surface area contributed by atoms with E-state index in [2.05, 4.69) is 20.3 Å². The second kappa shape index (κ2) is 9.28. The Balaban J connectivity index is 1.53. The Hall–Kier alpha value is -3.09. The van der Waals surface area contributed by atoms with Crippen molar-refractivity contribution >= 4 is 28.9 Å². The number of aryl methyl sites for hydroxylation is 1. The summed E-state index contributed by atoms with van der Waals surface area (Å²) >= 11 is 1.33. The monoisotopic (exact) mass is 493 g/mol. The maximum Gasteiger partial charge on any atom is 0.433 e. The molecule has 12 heteroatoms. The van der Waals surface area contributed by atoms with Crippen LogP contribution in [0.2, 0.25) is 0 Å². The van der Waals surface area contributed by atoms with Crippen LogP contribution in [0.3, 0.4) is 0 Å². The molecule has 1 aromatic carbocycles. The number of carboxylic acid groups (broad SMARTS) is 1. The first-order valence-corrected chi connectivity index (χ1v) is 11.3. The third-order valence-corrected chi connectivity index (χ3v) is 6.75. The molecule has 1 saturated heterocycles. The average molecular weight is 494 g/mol. The third kappa shape index (κ3) is 5.51. The zero-order valence-corrected chi connectivity index (χ0v) is 18.9. The number of alkyl halides is 3. The quantitative estimate of drug-likeness (QED) is 0.472. The predicted molar refractivity (Wildman–Crippen MR) is 120 cm³/mol. The lowest BCUT2D eigenvalue weighted by molar-refractivity contribution is -0.141. The molecule has 180 valence electrons. The molecular weight excluding hydrogens is 471 g/mol. The van der Waals surface area contributed by atoms with E-state index in [1.807, 2.05) is 13.0 Å². The van der Waals surface area contributed by atoms with Crippen molar-refractivity contribution < 1.29 is 28.2 Å². The zero-order valence-electron chi connectivity index (χ0n) is 18.1. The second-order valence-corrected chi connectivity index (χ2v) is 9.24. The van der Waals surface area contributed by atoms with Gasteiger partial charge in [-0.2, -0.15) is 13.2 Å². The number of hydrogen-bond acceptors (Lipinski definition) is 8. The summed E-state index contributed by atoms with van der Waals surface area (Å²) in [5.74, 6) is -1.07. The van der Waals surface area contributed by atoms with E-state index in [1.165, 1.54) is 11.3 Å². The van der Waals surface area contributed by atoms with Gasteiger partial charge in [-0.3, -0.25) is 9.69 Å². The Labute approximate surface area is 197 Å². The molecule has 1 aliphatic rings. The number of hydrogen-bond donors (Lipinski definition) is 3. The molecule has 0 aliphatic carbocycles. The van der Waals surface area contributed by atoms with Gasteiger partial charge in [0.05, 0.1) is 11.4 Å². The lowest BCUT2D eigenvalue weighted by Crippen LogP contribution is -2.44. The van der Waals surface area contributed by atoms with Crippen molar-refractivity contribution in [3.05, 3.63) is 52.9 Å². The number of carboxylic acids is 1.